The molecule has 0 atom stereocenters. The summed E-state index contributed by atoms with van der Waals surface area (Å²) in [5.41, 5.74) is 2.07. The molecule has 0 saturated carbocycles. The van der Waals surface area contributed by atoms with Crippen LogP contribution in [0.15, 0.2) is 61.1 Å². The molecular formula is C23H24N4O3. The van der Waals surface area contributed by atoms with Crippen molar-refractivity contribution < 1.29 is 14.3 Å². The molecule has 2 aliphatic heterocycles. The van der Waals surface area contributed by atoms with Crippen LogP contribution in [0.4, 0.5) is 5.82 Å². The van der Waals surface area contributed by atoms with Gasteiger partial charge in [0.1, 0.15) is 0 Å². The fourth-order valence-corrected chi connectivity index (χ4v) is 4.07. The first-order valence-corrected chi connectivity index (χ1v) is 10.3. The van der Waals surface area contributed by atoms with E-state index in [0.29, 0.717) is 6.54 Å². The first-order valence-electron chi connectivity index (χ1n) is 10.3. The molecule has 1 N–H and O–H groups in total. The average molecular weight is 404 g/mol. The number of pyridine rings is 1. The van der Waals surface area contributed by atoms with Crippen LogP contribution in [0.5, 0.6) is 11.5 Å². The Balaban J connectivity index is 1.18. The van der Waals surface area contributed by atoms with Crippen molar-refractivity contribution in [3.05, 3.63) is 66.6 Å². The minimum atomic E-state index is 0.0222. The summed E-state index contributed by atoms with van der Waals surface area (Å²) in [7, 11) is 0. The third kappa shape index (κ3) is 3.70. The lowest BCUT2D eigenvalue weighted by molar-refractivity contribution is -0.125. The van der Waals surface area contributed by atoms with Gasteiger partial charge in [-0.3, -0.25) is 4.79 Å². The Kier molecular flexibility index (Phi) is 5.01. The lowest BCUT2D eigenvalue weighted by atomic mass is 9.95. The molecule has 30 heavy (non-hydrogen) atoms. The maximum atomic E-state index is 12.7. The number of piperidine rings is 1. The van der Waals surface area contributed by atoms with Gasteiger partial charge in [0.2, 0.25) is 12.7 Å². The second kappa shape index (κ2) is 8.10. The number of fused-ring (bicyclic) bond motifs is 1. The number of aromatic nitrogens is 2. The number of hydrogen-bond donors (Lipinski definition) is 1. The molecule has 5 rings (SSSR count). The van der Waals surface area contributed by atoms with Crippen molar-refractivity contribution in [2.75, 3.05) is 24.8 Å². The molecule has 154 valence electrons. The molecule has 7 heteroatoms. The van der Waals surface area contributed by atoms with Crippen molar-refractivity contribution in [3.63, 3.8) is 0 Å². The Hall–Kier alpha value is -3.48. The number of nitrogens with one attached hydrogen (secondary N) is 1. The van der Waals surface area contributed by atoms with Crippen LogP contribution in [0.25, 0.3) is 5.69 Å². The zero-order valence-corrected chi connectivity index (χ0v) is 16.7. The molecule has 0 spiro atoms. The maximum absolute atomic E-state index is 12.7. The number of carbonyl (C=O) groups is 1. The topological polar surface area (TPSA) is 68.6 Å². The van der Waals surface area contributed by atoms with Crippen molar-refractivity contribution in [3.8, 4) is 17.2 Å². The average Bonchev–Trinajstić information content (AvgIpc) is 3.49. The molecule has 2 aromatic heterocycles. The van der Waals surface area contributed by atoms with Gasteiger partial charge >= 0.3 is 0 Å². The predicted octanol–water partition coefficient (Wildman–Crippen LogP) is 3.13. The van der Waals surface area contributed by atoms with Crippen molar-refractivity contribution in [1.82, 2.24) is 14.9 Å². The Morgan fingerprint density at radius 1 is 1.07 bits per heavy atom. The summed E-state index contributed by atoms with van der Waals surface area (Å²) in [6.07, 6.45) is 7.50. The number of amides is 1. The van der Waals surface area contributed by atoms with Crippen LogP contribution in [0.1, 0.15) is 18.4 Å². The van der Waals surface area contributed by atoms with E-state index in [1.54, 1.807) is 0 Å². The standard InChI is InChI=1S/C23H24N4O3/c28-23(25-15-17-5-6-20-21(14-17)30-16-29-20)18-7-12-27(13-8-18)22-19(4-3-9-24-22)26-10-1-2-11-26/h1-6,9-11,14,18H,7-8,12-13,15-16H2,(H,25,28). The van der Waals surface area contributed by atoms with Crippen LogP contribution in [-0.2, 0) is 11.3 Å². The first-order chi connectivity index (χ1) is 14.8. The number of ether oxygens (including phenoxy) is 2. The van der Waals surface area contributed by atoms with Crippen LogP contribution in [0, 0.1) is 5.92 Å². The highest BCUT2D eigenvalue weighted by Crippen LogP contribution is 2.32. The summed E-state index contributed by atoms with van der Waals surface area (Å²) < 4.78 is 12.8. The summed E-state index contributed by atoms with van der Waals surface area (Å²) in [4.78, 5) is 19.6. The highest BCUT2D eigenvalue weighted by molar-refractivity contribution is 5.79. The third-order valence-electron chi connectivity index (χ3n) is 5.72. The highest BCUT2D eigenvalue weighted by Gasteiger charge is 2.26. The molecule has 0 unspecified atom stereocenters. The van der Waals surface area contributed by atoms with Crippen molar-refractivity contribution in [1.29, 1.82) is 0 Å². The molecule has 1 saturated heterocycles. The molecule has 0 bridgehead atoms. The quantitative estimate of drug-likeness (QED) is 0.708. The number of anilines is 1. The summed E-state index contributed by atoms with van der Waals surface area (Å²) >= 11 is 0. The Morgan fingerprint density at radius 2 is 1.87 bits per heavy atom. The zero-order chi connectivity index (χ0) is 20.3. The number of rotatable bonds is 5. The lowest BCUT2D eigenvalue weighted by Crippen LogP contribution is -2.41. The fraction of sp³-hybridized carbons (Fsp3) is 0.304. The van der Waals surface area contributed by atoms with Gasteiger partial charge in [-0.25, -0.2) is 4.98 Å². The number of hydrogen-bond acceptors (Lipinski definition) is 5. The van der Waals surface area contributed by atoms with E-state index in [4.69, 9.17) is 9.47 Å². The molecule has 0 radical (unpaired) electrons. The highest BCUT2D eigenvalue weighted by atomic mass is 16.7. The minimum Gasteiger partial charge on any atom is -0.454 e. The van der Waals surface area contributed by atoms with Crippen molar-refractivity contribution in [2.45, 2.75) is 19.4 Å². The summed E-state index contributed by atoms with van der Waals surface area (Å²) in [5, 5.41) is 3.07. The van der Waals surface area contributed by atoms with Gasteiger partial charge in [-0.1, -0.05) is 6.07 Å². The number of benzene rings is 1. The van der Waals surface area contributed by atoms with E-state index < -0.39 is 0 Å². The molecule has 0 aliphatic carbocycles. The Bertz CT molecular complexity index is 1030. The van der Waals surface area contributed by atoms with Gasteiger partial charge in [0.15, 0.2) is 17.3 Å². The normalized spacial score (nSPS) is 15.9. The van der Waals surface area contributed by atoms with E-state index in [0.717, 1.165) is 54.5 Å². The van der Waals surface area contributed by atoms with Gasteiger partial charge < -0.3 is 24.3 Å². The molecule has 2 aliphatic rings. The van der Waals surface area contributed by atoms with Crippen LogP contribution in [0.3, 0.4) is 0 Å². The SMILES string of the molecule is O=C(NCc1ccc2c(c1)OCO2)C1CCN(c2ncccc2-n2cccc2)CC1. The zero-order valence-electron chi connectivity index (χ0n) is 16.7. The van der Waals surface area contributed by atoms with E-state index in [-0.39, 0.29) is 18.6 Å². The molecule has 1 fully saturated rings. The van der Waals surface area contributed by atoms with Crippen molar-refractivity contribution in [2.24, 2.45) is 5.92 Å². The number of carbonyl (C=O) groups excluding carboxylic acids is 1. The Labute approximate surface area is 175 Å². The van der Waals surface area contributed by atoms with Crippen LogP contribution < -0.4 is 19.7 Å². The van der Waals surface area contributed by atoms with Gasteiger partial charge in [-0.2, -0.15) is 0 Å². The molecular weight excluding hydrogens is 380 g/mol. The van der Waals surface area contributed by atoms with E-state index in [9.17, 15) is 4.79 Å². The monoisotopic (exact) mass is 404 g/mol. The second-order valence-electron chi connectivity index (χ2n) is 7.60. The summed E-state index contributed by atoms with van der Waals surface area (Å²) in [6.45, 7) is 2.38. The summed E-state index contributed by atoms with van der Waals surface area (Å²) in [6, 6.07) is 13.8. The van der Waals surface area contributed by atoms with Gasteiger partial charge in [0, 0.05) is 44.1 Å². The largest absolute Gasteiger partial charge is 0.454 e. The van der Waals surface area contributed by atoms with Crippen LogP contribution in [-0.4, -0.2) is 35.3 Å². The van der Waals surface area contributed by atoms with Gasteiger partial charge in [0.05, 0.1) is 5.69 Å². The summed E-state index contributed by atoms with van der Waals surface area (Å²) in [5.74, 6) is 2.59. The van der Waals surface area contributed by atoms with Crippen LogP contribution in [0.2, 0.25) is 0 Å². The van der Waals surface area contributed by atoms with Crippen molar-refractivity contribution >= 4 is 11.7 Å². The van der Waals surface area contributed by atoms with Gasteiger partial charge in [-0.15, -0.1) is 0 Å². The second-order valence-corrected chi connectivity index (χ2v) is 7.60. The van der Waals surface area contributed by atoms with Gasteiger partial charge in [0.25, 0.3) is 0 Å². The fourth-order valence-electron chi connectivity index (χ4n) is 4.07. The first kappa shape index (κ1) is 18.5. The third-order valence-corrected chi connectivity index (χ3v) is 5.72. The van der Waals surface area contributed by atoms with Crippen LogP contribution >= 0.6 is 0 Å². The maximum Gasteiger partial charge on any atom is 0.231 e. The molecule has 1 amide bonds. The smallest absolute Gasteiger partial charge is 0.231 e. The van der Waals surface area contributed by atoms with E-state index in [2.05, 4.69) is 25.8 Å². The van der Waals surface area contributed by atoms with E-state index in [1.165, 1.54) is 0 Å². The van der Waals surface area contributed by atoms with E-state index >= 15 is 0 Å². The molecule has 4 heterocycles. The predicted molar refractivity (Wildman–Crippen MR) is 113 cm³/mol. The van der Waals surface area contributed by atoms with E-state index in [1.807, 2.05) is 55.0 Å². The lowest BCUT2D eigenvalue weighted by Gasteiger charge is -2.33. The van der Waals surface area contributed by atoms with Gasteiger partial charge in [-0.05, 0) is 54.8 Å². The number of nitrogens with zero attached hydrogens (tertiary/aromatic N) is 3. The Morgan fingerprint density at radius 3 is 2.70 bits per heavy atom. The molecule has 7 nitrogen and oxygen atoms in total. The molecule has 1 aromatic carbocycles. The molecule has 3 aromatic rings. The minimum absolute atomic E-state index is 0.0222.